The van der Waals surface area contributed by atoms with Crippen LogP contribution in [0.5, 0.6) is 11.5 Å². The van der Waals surface area contributed by atoms with Gasteiger partial charge in [0, 0.05) is 5.56 Å². The molecule has 8 nitrogen and oxygen atoms in total. The lowest BCUT2D eigenvalue weighted by Crippen LogP contribution is -2.41. The highest BCUT2D eigenvalue weighted by atomic mass is 32.2. The third-order valence-corrected chi connectivity index (χ3v) is 4.62. The molecule has 0 bridgehead atoms. The Morgan fingerprint density at radius 1 is 1.08 bits per heavy atom. The van der Waals surface area contributed by atoms with E-state index in [0.29, 0.717) is 24.7 Å². The Hall–Kier alpha value is -3.09. The van der Waals surface area contributed by atoms with E-state index < -0.39 is 15.9 Å². The molecule has 2 aromatic carbocycles. The summed E-state index contributed by atoms with van der Waals surface area (Å²) in [5.74, 6) is 0.289. The molecule has 2 aromatic rings. The topological polar surface area (TPSA) is 118 Å². The standard InChI is InChI=1S/C16H13N3O5S/c17-10-11-2-1-3-13(8-11)25(21,22)19-18-16(20)12-4-5-14-15(9-12)24-7-6-23-14/h1-5,8-9,19H,6-7H2,(H,18,20). The highest BCUT2D eigenvalue weighted by molar-refractivity contribution is 7.89. The lowest BCUT2D eigenvalue weighted by Gasteiger charge is -2.18. The highest BCUT2D eigenvalue weighted by Gasteiger charge is 2.18. The number of hydrazine groups is 1. The highest BCUT2D eigenvalue weighted by Crippen LogP contribution is 2.30. The van der Waals surface area contributed by atoms with Crippen molar-refractivity contribution in [3.63, 3.8) is 0 Å². The van der Waals surface area contributed by atoms with Gasteiger partial charge in [0.15, 0.2) is 11.5 Å². The number of nitriles is 1. The van der Waals surface area contributed by atoms with Crippen molar-refractivity contribution >= 4 is 15.9 Å². The first kappa shape index (κ1) is 16.8. The van der Waals surface area contributed by atoms with Crippen LogP contribution in [0.25, 0.3) is 0 Å². The van der Waals surface area contributed by atoms with E-state index in [2.05, 4.69) is 5.43 Å². The van der Waals surface area contributed by atoms with E-state index in [4.69, 9.17) is 14.7 Å². The Morgan fingerprint density at radius 3 is 2.60 bits per heavy atom. The van der Waals surface area contributed by atoms with Crippen LogP contribution in [0, 0.1) is 11.3 Å². The van der Waals surface area contributed by atoms with Crippen molar-refractivity contribution in [2.24, 2.45) is 0 Å². The SMILES string of the molecule is N#Cc1cccc(S(=O)(=O)NNC(=O)c2ccc3c(c2)OCCO3)c1. The van der Waals surface area contributed by atoms with Crippen LogP contribution in [0.3, 0.4) is 0 Å². The summed E-state index contributed by atoms with van der Waals surface area (Å²) >= 11 is 0. The van der Waals surface area contributed by atoms with E-state index in [1.807, 2.05) is 10.9 Å². The zero-order valence-corrected chi connectivity index (χ0v) is 13.7. The number of carbonyl (C=O) groups is 1. The molecule has 128 valence electrons. The molecule has 0 atom stereocenters. The molecule has 0 radical (unpaired) electrons. The molecule has 25 heavy (non-hydrogen) atoms. The first-order chi connectivity index (χ1) is 12.0. The van der Waals surface area contributed by atoms with Crippen LogP contribution in [0.1, 0.15) is 15.9 Å². The summed E-state index contributed by atoms with van der Waals surface area (Å²) < 4.78 is 35.1. The summed E-state index contributed by atoms with van der Waals surface area (Å²) in [6.45, 7) is 0.806. The van der Waals surface area contributed by atoms with E-state index in [9.17, 15) is 13.2 Å². The predicted molar refractivity (Wildman–Crippen MR) is 86.4 cm³/mol. The van der Waals surface area contributed by atoms with Crippen molar-refractivity contribution in [3.8, 4) is 17.6 Å². The molecule has 0 fully saturated rings. The fraction of sp³-hybridized carbons (Fsp3) is 0.125. The molecule has 3 rings (SSSR count). The molecular formula is C16H13N3O5S. The second-order valence-corrected chi connectivity index (χ2v) is 6.74. The maximum absolute atomic E-state index is 12.2. The van der Waals surface area contributed by atoms with Gasteiger partial charge in [-0.05, 0) is 36.4 Å². The summed E-state index contributed by atoms with van der Waals surface area (Å²) in [6, 6.07) is 11.8. The van der Waals surface area contributed by atoms with Crippen LogP contribution in [-0.4, -0.2) is 27.5 Å². The Morgan fingerprint density at radius 2 is 1.84 bits per heavy atom. The number of hydrogen-bond donors (Lipinski definition) is 2. The Bertz CT molecular complexity index is 966. The minimum atomic E-state index is -4.00. The van der Waals surface area contributed by atoms with Crippen LogP contribution in [-0.2, 0) is 10.0 Å². The summed E-state index contributed by atoms with van der Waals surface area (Å²) in [6.07, 6.45) is 0. The molecule has 0 aromatic heterocycles. The third-order valence-electron chi connectivity index (χ3n) is 3.38. The molecule has 2 N–H and O–H groups in total. The van der Waals surface area contributed by atoms with Gasteiger partial charge in [0.2, 0.25) is 0 Å². The van der Waals surface area contributed by atoms with Gasteiger partial charge in [0.05, 0.1) is 16.5 Å². The molecule has 0 unspecified atom stereocenters. The molecule has 1 amide bonds. The van der Waals surface area contributed by atoms with Gasteiger partial charge < -0.3 is 9.47 Å². The number of fused-ring (bicyclic) bond motifs is 1. The van der Waals surface area contributed by atoms with Crippen LogP contribution in [0.15, 0.2) is 47.4 Å². The van der Waals surface area contributed by atoms with E-state index in [-0.39, 0.29) is 16.0 Å². The van der Waals surface area contributed by atoms with Crippen molar-refractivity contribution in [1.29, 1.82) is 5.26 Å². The number of rotatable bonds is 4. The Kier molecular flexibility index (Phi) is 4.56. The summed E-state index contributed by atoms with van der Waals surface area (Å²) in [5.41, 5.74) is 2.53. The van der Waals surface area contributed by atoms with Gasteiger partial charge in [-0.1, -0.05) is 6.07 Å². The number of ether oxygens (including phenoxy) is 2. The molecule has 0 spiro atoms. The zero-order chi connectivity index (χ0) is 17.9. The van der Waals surface area contributed by atoms with Gasteiger partial charge in [-0.2, -0.15) is 5.26 Å². The largest absolute Gasteiger partial charge is 0.486 e. The number of nitrogens with zero attached hydrogens (tertiary/aromatic N) is 1. The molecule has 0 saturated carbocycles. The van der Waals surface area contributed by atoms with Crippen molar-refractivity contribution in [1.82, 2.24) is 10.3 Å². The summed E-state index contributed by atoms with van der Waals surface area (Å²) in [4.78, 5) is 14.0. The van der Waals surface area contributed by atoms with E-state index >= 15 is 0 Å². The smallest absolute Gasteiger partial charge is 0.266 e. The van der Waals surface area contributed by atoms with Crippen molar-refractivity contribution in [2.45, 2.75) is 4.90 Å². The van der Waals surface area contributed by atoms with E-state index in [1.54, 1.807) is 6.07 Å². The van der Waals surface area contributed by atoms with E-state index in [1.165, 1.54) is 36.4 Å². The number of hydrogen-bond acceptors (Lipinski definition) is 6. The van der Waals surface area contributed by atoms with Crippen LogP contribution in [0.2, 0.25) is 0 Å². The molecular weight excluding hydrogens is 346 g/mol. The van der Waals surface area contributed by atoms with Gasteiger partial charge in [-0.15, -0.1) is 4.83 Å². The molecule has 1 aliphatic rings. The number of benzene rings is 2. The average molecular weight is 359 g/mol. The quantitative estimate of drug-likeness (QED) is 0.785. The minimum absolute atomic E-state index is 0.131. The first-order valence-corrected chi connectivity index (χ1v) is 8.70. The zero-order valence-electron chi connectivity index (χ0n) is 12.9. The second kappa shape index (κ2) is 6.80. The van der Waals surface area contributed by atoms with Gasteiger partial charge in [-0.25, -0.2) is 8.42 Å². The van der Waals surface area contributed by atoms with Gasteiger partial charge in [-0.3, -0.25) is 10.2 Å². The average Bonchev–Trinajstić information content (AvgIpc) is 2.65. The maximum Gasteiger partial charge on any atom is 0.266 e. The van der Waals surface area contributed by atoms with Crippen LogP contribution in [0.4, 0.5) is 0 Å². The fourth-order valence-corrected chi connectivity index (χ4v) is 3.05. The van der Waals surface area contributed by atoms with Crippen molar-refractivity contribution in [3.05, 3.63) is 53.6 Å². The molecule has 0 aliphatic carbocycles. The van der Waals surface area contributed by atoms with Crippen molar-refractivity contribution in [2.75, 3.05) is 13.2 Å². The number of amides is 1. The fourth-order valence-electron chi connectivity index (χ4n) is 2.16. The summed E-state index contributed by atoms with van der Waals surface area (Å²) in [5, 5.41) is 8.83. The maximum atomic E-state index is 12.2. The monoisotopic (exact) mass is 359 g/mol. The summed E-state index contributed by atoms with van der Waals surface area (Å²) in [7, 11) is -4.00. The van der Waals surface area contributed by atoms with Crippen molar-refractivity contribution < 1.29 is 22.7 Å². The number of sulfonamides is 1. The second-order valence-electron chi connectivity index (χ2n) is 5.06. The lowest BCUT2D eigenvalue weighted by atomic mass is 10.2. The Labute approximate surface area is 144 Å². The molecule has 1 heterocycles. The minimum Gasteiger partial charge on any atom is -0.486 e. The van der Waals surface area contributed by atoms with Crippen LogP contribution < -0.4 is 19.7 Å². The molecule has 9 heteroatoms. The van der Waals surface area contributed by atoms with Gasteiger partial charge >= 0.3 is 0 Å². The third kappa shape index (κ3) is 3.71. The predicted octanol–water partition coefficient (Wildman–Crippen LogP) is 0.953. The number of carbonyl (C=O) groups excluding carboxylic acids is 1. The Balaban J connectivity index is 1.72. The normalized spacial score (nSPS) is 12.9. The van der Waals surface area contributed by atoms with Gasteiger partial charge in [0.1, 0.15) is 13.2 Å². The molecule has 1 aliphatic heterocycles. The van der Waals surface area contributed by atoms with E-state index in [0.717, 1.165) is 0 Å². The number of nitrogens with one attached hydrogen (secondary N) is 2. The lowest BCUT2D eigenvalue weighted by molar-refractivity contribution is 0.0944. The molecule has 0 saturated heterocycles. The van der Waals surface area contributed by atoms with Gasteiger partial charge in [0.25, 0.3) is 15.9 Å². The first-order valence-electron chi connectivity index (χ1n) is 7.21. The van der Waals surface area contributed by atoms with Crippen LogP contribution >= 0.6 is 0 Å².